The van der Waals surface area contributed by atoms with Gasteiger partial charge in [0.2, 0.25) is 0 Å². The first-order chi connectivity index (χ1) is 10.5. The van der Waals surface area contributed by atoms with Crippen LogP contribution in [0.5, 0.6) is 5.75 Å². The maximum atomic E-state index is 10.8. The SMILES string of the molecule is Cc1ccc(Cc2cc(C(C)(C)C)cc(C(C)(C)C)c2O)cc1. The second kappa shape index (κ2) is 6.03. The zero-order valence-electron chi connectivity index (χ0n) is 15.6. The Morgan fingerprint density at radius 3 is 1.87 bits per heavy atom. The third-order valence-corrected chi connectivity index (χ3v) is 4.38. The fourth-order valence-corrected chi connectivity index (χ4v) is 2.76. The second-order valence-corrected chi connectivity index (χ2v) is 8.69. The van der Waals surface area contributed by atoms with Crippen LogP contribution in [-0.2, 0) is 17.3 Å². The van der Waals surface area contributed by atoms with Crippen LogP contribution in [-0.4, -0.2) is 5.11 Å². The van der Waals surface area contributed by atoms with Crippen molar-refractivity contribution in [1.82, 2.24) is 0 Å². The van der Waals surface area contributed by atoms with Crippen LogP contribution in [0.15, 0.2) is 36.4 Å². The van der Waals surface area contributed by atoms with Gasteiger partial charge in [0.1, 0.15) is 5.75 Å². The Kier molecular flexibility index (Phi) is 4.61. The summed E-state index contributed by atoms with van der Waals surface area (Å²) in [5.41, 5.74) is 5.82. The summed E-state index contributed by atoms with van der Waals surface area (Å²) >= 11 is 0. The van der Waals surface area contributed by atoms with Crippen LogP contribution in [0, 0.1) is 6.92 Å². The lowest BCUT2D eigenvalue weighted by Crippen LogP contribution is -2.17. The quantitative estimate of drug-likeness (QED) is 0.733. The molecule has 0 atom stereocenters. The first-order valence-electron chi connectivity index (χ1n) is 8.41. The lowest BCUT2D eigenvalue weighted by atomic mass is 9.78. The highest BCUT2D eigenvalue weighted by Crippen LogP contribution is 2.38. The average Bonchev–Trinajstić information content (AvgIpc) is 2.41. The van der Waals surface area contributed by atoms with Crippen LogP contribution in [0.4, 0.5) is 0 Å². The van der Waals surface area contributed by atoms with Crippen molar-refractivity contribution >= 4 is 0 Å². The van der Waals surface area contributed by atoms with Crippen molar-refractivity contribution in [2.24, 2.45) is 0 Å². The van der Waals surface area contributed by atoms with Gasteiger partial charge in [-0.15, -0.1) is 0 Å². The van der Waals surface area contributed by atoms with Gasteiger partial charge in [0.05, 0.1) is 0 Å². The molecule has 2 aromatic rings. The number of rotatable bonds is 2. The third-order valence-electron chi connectivity index (χ3n) is 4.38. The maximum absolute atomic E-state index is 10.8. The molecule has 0 radical (unpaired) electrons. The minimum atomic E-state index is -0.0760. The van der Waals surface area contributed by atoms with Crippen molar-refractivity contribution in [2.45, 2.75) is 65.7 Å². The van der Waals surface area contributed by atoms with Crippen molar-refractivity contribution in [2.75, 3.05) is 0 Å². The molecule has 124 valence electrons. The van der Waals surface area contributed by atoms with E-state index in [1.165, 1.54) is 16.7 Å². The molecule has 0 saturated heterocycles. The molecule has 0 amide bonds. The van der Waals surface area contributed by atoms with Gasteiger partial charge in [0, 0.05) is 6.42 Å². The Bertz CT molecular complexity index is 680. The molecule has 0 fully saturated rings. The molecule has 1 nitrogen and oxygen atoms in total. The first kappa shape index (κ1) is 17.6. The smallest absolute Gasteiger partial charge is 0.122 e. The summed E-state index contributed by atoms with van der Waals surface area (Å²) in [6.45, 7) is 15.2. The molecule has 0 saturated carbocycles. The topological polar surface area (TPSA) is 20.2 Å². The van der Waals surface area contributed by atoms with Gasteiger partial charge in [0.25, 0.3) is 0 Å². The second-order valence-electron chi connectivity index (χ2n) is 8.69. The van der Waals surface area contributed by atoms with E-state index in [0.29, 0.717) is 5.75 Å². The van der Waals surface area contributed by atoms with Gasteiger partial charge >= 0.3 is 0 Å². The average molecular weight is 310 g/mol. The van der Waals surface area contributed by atoms with Crippen molar-refractivity contribution < 1.29 is 5.11 Å². The molecule has 2 aromatic carbocycles. The summed E-state index contributed by atoms with van der Waals surface area (Å²) in [4.78, 5) is 0. The largest absolute Gasteiger partial charge is 0.507 e. The fourth-order valence-electron chi connectivity index (χ4n) is 2.76. The molecular weight excluding hydrogens is 280 g/mol. The number of phenolic OH excluding ortho intramolecular Hbond substituents is 1. The normalized spacial score (nSPS) is 12.5. The molecule has 0 aliphatic heterocycles. The highest BCUT2D eigenvalue weighted by Gasteiger charge is 2.24. The fraction of sp³-hybridized carbons (Fsp3) is 0.455. The maximum Gasteiger partial charge on any atom is 0.122 e. The number of aryl methyl sites for hydroxylation is 1. The van der Waals surface area contributed by atoms with Crippen molar-refractivity contribution in [3.63, 3.8) is 0 Å². The van der Waals surface area contributed by atoms with Crippen molar-refractivity contribution in [3.05, 3.63) is 64.2 Å². The van der Waals surface area contributed by atoms with Gasteiger partial charge < -0.3 is 5.11 Å². The molecule has 0 spiro atoms. The molecule has 23 heavy (non-hydrogen) atoms. The molecule has 0 bridgehead atoms. The Morgan fingerprint density at radius 1 is 0.826 bits per heavy atom. The van der Waals surface area contributed by atoms with E-state index in [2.05, 4.69) is 84.9 Å². The zero-order chi connectivity index (χ0) is 17.4. The van der Waals surface area contributed by atoms with E-state index in [0.717, 1.165) is 17.5 Å². The first-order valence-corrected chi connectivity index (χ1v) is 8.41. The van der Waals surface area contributed by atoms with Gasteiger partial charge in [-0.05, 0) is 40.0 Å². The van der Waals surface area contributed by atoms with E-state index in [9.17, 15) is 5.11 Å². The number of aromatic hydroxyl groups is 1. The lowest BCUT2D eigenvalue weighted by molar-refractivity contribution is 0.439. The molecule has 1 heteroatoms. The zero-order valence-corrected chi connectivity index (χ0v) is 15.6. The number of phenols is 1. The van der Waals surface area contributed by atoms with Gasteiger partial charge in [0.15, 0.2) is 0 Å². The summed E-state index contributed by atoms with van der Waals surface area (Å²) in [6.07, 6.45) is 0.763. The molecular formula is C22H30O. The van der Waals surface area contributed by atoms with Gasteiger partial charge in [-0.25, -0.2) is 0 Å². The summed E-state index contributed by atoms with van der Waals surface area (Å²) in [6, 6.07) is 12.9. The molecule has 0 unspecified atom stereocenters. The van der Waals surface area contributed by atoms with Crippen LogP contribution in [0.2, 0.25) is 0 Å². The third kappa shape index (κ3) is 4.16. The monoisotopic (exact) mass is 310 g/mol. The predicted octanol–water partition coefficient (Wildman–Crippen LogP) is 5.89. The number of benzene rings is 2. The van der Waals surface area contributed by atoms with Crippen LogP contribution >= 0.6 is 0 Å². The summed E-state index contributed by atoms with van der Waals surface area (Å²) in [7, 11) is 0. The summed E-state index contributed by atoms with van der Waals surface area (Å²) in [5.74, 6) is 0.450. The van der Waals surface area contributed by atoms with E-state index in [1.807, 2.05) is 0 Å². The predicted molar refractivity (Wildman–Crippen MR) is 99.5 cm³/mol. The van der Waals surface area contributed by atoms with Gasteiger partial charge in [-0.2, -0.15) is 0 Å². The van der Waals surface area contributed by atoms with E-state index < -0.39 is 0 Å². The van der Waals surface area contributed by atoms with Crippen LogP contribution < -0.4 is 0 Å². The van der Waals surface area contributed by atoms with Crippen LogP contribution in [0.3, 0.4) is 0 Å². The van der Waals surface area contributed by atoms with Crippen molar-refractivity contribution in [1.29, 1.82) is 0 Å². The van der Waals surface area contributed by atoms with E-state index >= 15 is 0 Å². The van der Waals surface area contributed by atoms with Crippen LogP contribution in [0.25, 0.3) is 0 Å². The standard InChI is InChI=1S/C22H30O/c1-15-8-10-16(11-9-15)12-17-13-18(21(2,3)4)14-19(20(17)23)22(5,6)7/h8-11,13-14,23H,12H2,1-7H3. The Morgan fingerprint density at radius 2 is 1.39 bits per heavy atom. The number of hydrogen-bond donors (Lipinski definition) is 1. The number of hydrogen-bond acceptors (Lipinski definition) is 1. The lowest BCUT2D eigenvalue weighted by Gasteiger charge is -2.27. The van der Waals surface area contributed by atoms with E-state index in [-0.39, 0.29) is 10.8 Å². The highest BCUT2D eigenvalue weighted by molar-refractivity contribution is 5.50. The molecule has 0 aromatic heterocycles. The van der Waals surface area contributed by atoms with Crippen LogP contribution in [0.1, 0.15) is 69.4 Å². The van der Waals surface area contributed by atoms with E-state index in [4.69, 9.17) is 0 Å². The van der Waals surface area contributed by atoms with Gasteiger partial charge in [-0.3, -0.25) is 0 Å². The molecule has 0 aliphatic rings. The molecule has 0 aliphatic carbocycles. The summed E-state index contributed by atoms with van der Waals surface area (Å²) < 4.78 is 0. The Labute approximate surface area is 141 Å². The minimum absolute atomic E-state index is 0.0652. The minimum Gasteiger partial charge on any atom is -0.507 e. The molecule has 2 rings (SSSR count). The van der Waals surface area contributed by atoms with Crippen molar-refractivity contribution in [3.8, 4) is 5.75 Å². The molecule has 1 N–H and O–H groups in total. The highest BCUT2D eigenvalue weighted by atomic mass is 16.3. The Hall–Kier alpha value is -1.76. The Balaban J connectivity index is 2.55. The van der Waals surface area contributed by atoms with Gasteiger partial charge in [-0.1, -0.05) is 83.5 Å². The summed E-state index contributed by atoms with van der Waals surface area (Å²) in [5, 5.41) is 10.8. The molecule has 0 heterocycles. The van der Waals surface area contributed by atoms with E-state index in [1.54, 1.807) is 0 Å².